The number of hydrogen-bond acceptors (Lipinski definition) is 4. The van der Waals surface area contributed by atoms with Crippen LogP contribution in [0.4, 0.5) is 26.3 Å². The van der Waals surface area contributed by atoms with E-state index >= 15 is 0 Å². The van der Waals surface area contributed by atoms with Gasteiger partial charge < -0.3 is 14.2 Å². The summed E-state index contributed by atoms with van der Waals surface area (Å²) in [6.07, 6.45) is -9.89. The second-order valence-corrected chi connectivity index (χ2v) is 5.19. The van der Waals surface area contributed by atoms with Gasteiger partial charge in [-0.3, -0.25) is 4.79 Å². The van der Waals surface area contributed by atoms with Crippen molar-refractivity contribution in [3.05, 3.63) is 47.5 Å². The van der Waals surface area contributed by atoms with E-state index in [-0.39, 0.29) is 0 Å². The van der Waals surface area contributed by atoms with Crippen LogP contribution in [0.25, 0.3) is 0 Å². The maximum Gasteiger partial charge on any atom is 0.573 e. The van der Waals surface area contributed by atoms with E-state index in [1.165, 1.54) is 0 Å². The van der Waals surface area contributed by atoms with Gasteiger partial charge in [-0.15, -0.1) is 13.2 Å². The highest BCUT2D eigenvalue weighted by Gasteiger charge is 2.33. The van der Waals surface area contributed by atoms with Gasteiger partial charge in [0.1, 0.15) is 11.5 Å². The molecule has 0 N–H and O–H groups in total. The van der Waals surface area contributed by atoms with E-state index < -0.39 is 58.9 Å². The van der Waals surface area contributed by atoms with Crippen molar-refractivity contribution in [1.82, 2.24) is 0 Å². The molecule has 0 bridgehead atoms. The first-order valence-corrected chi connectivity index (χ1v) is 7.11. The molecule has 0 fully saturated rings. The zero-order valence-electron chi connectivity index (χ0n) is 15.7. The fourth-order valence-electron chi connectivity index (χ4n) is 1.92. The predicted molar refractivity (Wildman–Crippen MR) is 81.4 cm³/mol. The fourth-order valence-corrected chi connectivity index (χ4v) is 2.06. The lowest BCUT2D eigenvalue weighted by atomic mass is 10.1. The first-order chi connectivity index (χ1) is 13.5. The number of rotatable bonds is 5. The van der Waals surface area contributed by atoms with Crippen LogP contribution in [0.2, 0.25) is 0 Å². The Hall–Kier alpha value is -2.62. The summed E-state index contributed by atoms with van der Waals surface area (Å²) in [4.78, 5) is 11.5. The van der Waals surface area contributed by atoms with Gasteiger partial charge >= 0.3 is 12.5 Å². The molecule has 11 heteroatoms. The number of alkyl halides is 6. The summed E-state index contributed by atoms with van der Waals surface area (Å²) >= 11 is 5.29. The van der Waals surface area contributed by atoms with E-state index in [1.54, 1.807) is 0 Å². The van der Waals surface area contributed by atoms with Crippen LogP contribution >= 0.6 is 11.6 Å². The number of halogens is 7. The number of carbonyl (C=O) groups is 1. The molecule has 0 aliphatic heterocycles. The van der Waals surface area contributed by atoms with E-state index in [0.29, 0.717) is 18.2 Å². The Bertz CT molecular complexity index is 944. The topological polar surface area (TPSA) is 44.8 Å². The SMILES string of the molecule is [2H]C([2H])([2H])Oc1cc(OC(F)(F)F)ccc1Oc1ccc(C(F)(F)F)cc1C(=O)Cl. The van der Waals surface area contributed by atoms with Crippen molar-refractivity contribution in [2.45, 2.75) is 12.5 Å². The van der Waals surface area contributed by atoms with Crippen LogP contribution in [0, 0.1) is 0 Å². The van der Waals surface area contributed by atoms with Gasteiger partial charge in [-0.05, 0) is 41.9 Å². The first-order valence-electron chi connectivity index (χ1n) is 8.23. The van der Waals surface area contributed by atoms with Crippen molar-refractivity contribution in [2.75, 3.05) is 7.04 Å². The highest BCUT2D eigenvalue weighted by Crippen LogP contribution is 2.39. The summed E-state index contributed by atoms with van der Waals surface area (Å²) in [5.74, 6) is -2.66. The summed E-state index contributed by atoms with van der Waals surface area (Å²) in [5, 5.41) is -1.33. The smallest absolute Gasteiger partial charge is 0.493 e. The summed E-state index contributed by atoms with van der Waals surface area (Å²) in [6.45, 7) is 0. The molecule has 27 heavy (non-hydrogen) atoms. The molecule has 0 aliphatic carbocycles. The quantitative estimate of drug-likeness (QED) is 0.456. The standard InChI is InChI=1S/C16H9ClF6O4/c1-25-13-7-9(27-16(21,22)23)3-5-12(13)26-11-4-2-8(15(18,19)20)6-10(11)14(17)24/h2-7H,1H3/i1D3. The minimum absolute atomic E-state index is 0.399. The third-order valence-corrected chi connectivity index (χ3v) is 3.20. The third kappa shape index (κ3) is 5.43. The molecule has 0 heterocycles. The Morgan fingerprint density at radius 1 is 1.00 bits per heavy atom. The van der Waals surface area contributed by atoms with Crippen LogP contribution < -0.4 is 14.2 Å². The van der Waals surface area contributed by atoms with Gasteiger partial charge in [-0.1, -0.05) is 0 Å². The van der Waals surface area contributed by atoms with Gasteiger partial charge in [-0.25, -0.2) is 0 Å². The minimum atomic E-state index is -5.09. The lowest BCUT2D eigenvalue weighted by Gasteiger charge is -2.15. The van der Waals surface area contributed by atoms with E-state index in [0.717, 1.165) is 18.2 Å². The molecule has 0 amide bonds. The molecule has 2 rings (SSSR count). The zero-order valence-corrected chi connectivity index (χ0v) is 13.5. The number of carbonyl (C=O) groups excluding carboxylic acids is 1. The lowest BCUT2D eigenvalue weighted by Crippen LogP contribution is -2.17. The van der Waals surface area contributed by atoms with Crippen LogP contribution in [0.1, 0.15) is 20.0 Å². The molecule has 0 radical (unpaired) electrons. The Morgan fingerprint density at radius 2 is 1.67 bits per heavy atom. The number of benzene rings is 2. The average molecular weight is 418 g/mol. The first kappa shape index (κ1) is 16.5. The molecule has 146 valence electrons. The molecule has 0 aliphatic rings. The van der Waals surface area contributed by atoms with Crippen molar-refractivity contribution in [2.24, 2.45) is 0 Å². The average Bonchev–Trinajstić information content (AvgIpc) is 2.53. The number of hydrogen-bond donors (Lipinski definition) is 0. The maximum absolute atomic E-state index is 12.8. The maximum atomic E-state index is 12.8. The highest BCUT2D eigenvalue weighted by molar-refractivity contribution is 6.68. The van der Waals surface area contributed by atoms with Crippen molar-refractivity contribution >= 4 is 16.8 Å². The summed E-state index contributed by atoms with van der Waals surface area (Å²) in [5.41, 5.74) is -1.94. The van der Waals surface area contributed by atoms with Gasteiger partial charge in [0.25, 0.3) is 5.24 Å². The molecule has 0 aromatic heterocycles. The lowest BCUT2D eigenvalue weighted by molar-refractivity contribution is -0.274. The Labute approximate surface area is 157 Å². The molecule has 0 saturated heterocycles. The molecular formula is C16H9ClF6O4. The van der Waals surface area contributed by atoms with Crippen LogP contribution in [-0.4, -0.2) is 18.6 Å². The summed E-state index contributed by atoms with van der Waals surface area (Å²) < 4.78 is 110. The highest BCUT2D eigenvalue weighted by atomic mass is 35.5. The zero-order chi connectivity index (χ0) is 22.9. The van der Waals surface area contributed by atoms with Crippen LogP contribution in [0.3, 0.4) is 0 Å². The van der Waals surface area contributed by atoms with E-state index in [4.69, 9.17) is 20.5 Å². The van der Waals surface area contributed by atoms with Gasteiger partial charge in [0.15, 0.2) is 11.5 Å². The van der Waals surface area contributed by atoms with Crippen molar-refractivity contribution in [3.8, 4) is 23.0 Å². The van der Waals surface area contributed by atoms with Gasteiger partial charge in [0, 0.05) is 6.07 Å². The molecule has 2 aromatic carbocycles. The summed E-state index contributed by atoms with van der Waals surface area (Å²) in [7, 11) is -3.12. The Balaban J connectivity index is 2.49. The Morgan fingerprint density at radius 3 is 2.22 bits per heavy atom. The second kappa shape index (κ2) is 7.55. The predicted octanol–water partition coefficient (Wildman–Crippen LogP) is 5.78. The Kier molecular flexibility index (Phi) is 4.63. The van der Waals surface area contributed by atoms with E-state index in [9.17, 15) is 31.1 Å². The monoisotopic (exact) mass is 417 g/mol. The van der Waals surface area contributed by atoms with Crippen LogP contribution in [-0.2, 0) is 6.18 Å². The minimum Gasteiger partial charge on any atom is -0.493 e. The van der Waals surface area contributed by atoms with Gasteiger partial charge in [0.05, 0.1) is 22.3 Å². The molecule has 0 unspecified atom stereocenters. The van der Waals surface area contributed by atoms with Gasteiger partial charge in [0.2, 0.25) is 0 Å². The van der Waals surface area contributed by atoms with E-state index in [2.05, 4.69) is 9.47 Å². The van der Waals surface area contributed by atoms with E-state index in [1.807, 2.05) is 0 Å². The van der Waals surface area contributed by atoms with Crippen molar-refractivity contribution < 1.29 is 49.5 Å². The third-order valence-electron chi connectivity index (χ3n) is 3.00. The van der Waals surface area contributed by atoms with Gasteiger partial charge in [-0.2, -0.15) is 13.2 Å². The van der Waals surface area contributed by atoms with Crippen LogP contribution in [0.15, 0.2) is 36.4 Å². The number of methoxy groups -OCH3 is 1. The largest absolute Gasteiger partial charge is 0.573 e. The summed E-state index contributed by atoms with van der Waals surface area (Å²) in [6, 6.07) is 3.78. The van der Waals surface area contributed by atoms with Crippen molar-refractivity contribution in [3.63, 3.8) is 0 Å². The fraction of sp³-hybridized carbons (Fsp3) is 0.188. The van der Waals surface area contributed by atoms with Crippen LogP contribution in [0.5, 0.6) is 23.0 Å². The normalized spacial score (nSPS) is 14.0. The molecule has 0 spiro atoms. The van der Waals surface area contributed by atoms with Crippen molar-refractivity contribution in [1.29, 1.82) is 0 Å². The second-order valence-electron chi connectivity index (χ2n) is 4.84. The molecule has 4 nitrogen and oxygen atoms in total. The number of ether oxygens (including phenoxy) is 3. The molecular weight excluding hydrogens is 406 g/mol. The molecule has 0 atom stereocenters. The molecule has 2 aromatic rings. The molecule has 0 saturated carbocycles.